The van der Waals surface area contributed by atoms with Gasteiger partial charge in [0, 0.05) is 7.05 Å². The summed E-state index contributed by atoms with van der Waals surface area (Å²) in [6.45, 7) is 1.92. The third-order valence-corrected chi connectivity index (χ3v) is 2.23. The van der Waals surface area contributed by atoms with E-state index in [0.29, 0.717) is 0 Å². The lowest BCUT2D eigenvalue weighted by Gasteiger charge is -2.05. The molecule has 0 saturated heterocycles. The first-order chi connectivity index (χ1) is 6.38. The topological polar surface area (TPSA) is 21.3 Å². The first kappa shape index (κ1) is 9.99. The molecule has 1 N–H and O–H groups in total. The zero-order valence-corrected chi connectivity index (χ0v) is 8.60. The highest BCUT2D eigenvalue weighted by Gasteiger charge is 1.99. The summed E-state index contributed by atoms with van der Waals surface area (Å²) in [7, 11) is 1.90. The molecule has 0 saturated carbocycles. The second-order valence-corrected chi connectivity index (χ2v) is 3.19. The van der Waals surface area contributed by atoms with E-state index in [1.165, 1.54) is 12.0 Å². The fourth-order valence-corrected chi connectivity index (χ4v) is 1.55. The van der Waals surface area contributed by atoms with Gasteiger partial charge in [0.15, 0.2) is 0 Å². The molecule has 13 heavy (non-hydrogen) atoms. The van der Waals surface area contributed by atoms with Crippen molar-refractivity contribution in [2.75, 3.05) is 12.4 Å². The van der Waals surface area contributed by atoms with Gasteiger partial charge in [0.05, 0.1) is 28.9 Å². The van der Waals surface area contributed by atoms with Crippen molar-refractivity contribution in [3.63, 3.8) is 0 Å². The number of hydrogen-bond acceptors (Lipinski definition) is 3. The van der Waals surface area contributed by atoms with E-state index >= 15 is 0 Å². The van der Waals surface area contributed by atoms with Crippen molar-refractivity contribution in [3.8, 4) is 0 Å². The Hall–Kier alpha value is -1.09. The second kappa shape index (κ2) is 5.54. The highest BCUT2D eigenvalue weighted by molar-refractivity contribution is 7.95. The van der Waals surface area contributed by atoms with Crippen molar-refractivity contribution in [3.05, 3.63) is 36.6 Å². The largest absolute Gasteiger partial charge is 0.429 e. The standard InChI is InChI=1S/C10H13NOS/c1-3-8-12-13-10-7-5-4-6-9(10)11-2/h3-8,11H,1-2H3/b8-3+. The Morgan fingerprint density at radius 1 is 1.38 bits per heavy atom. The minimum Gasteiger partial charge on any atom is -0.429 e. The van der Waals surface area contributed by atoms with Crippen LogP contribution in [-0.2, 0) is 4.18 Å². The van der Waals surface area contributed by atoms with Crippen LogP contribution in [0.25, 0.3) is 0 Å². The Kier molecular flexibility index (Phi) is 4.26. The predicted molar refractivity (Wildman–Crippen MR) is 57.7 cm³/mol. The Labute approximate surface area is 83.2 Å². The monoisotopic (exact) mass is 195 g/mol. The van der Waals surface area contributed by atoms with Gasteiger partial charge in [0.25, 0.3) is 0 Å². The van der Waals surface area contributed by atoms with Gasteiger partial charge in [-0.1, -0.05) is 18.2 Å². The van der Waals surface area contributed by atoms with Gasteiger partial charge in [-0.25, -0.2) is 0 Å². The van der Waals surface area contributed by atoms with Gasteiger partial charge < -0.3 is 9.50 Å². The minimum absolute atomic E-state index is 1.08. The molecule has 0 amide bonds. The van der Waals surface area contributed by atoms with Crippen LogP contribution in [0.4, 0.5) is 5.69 Å². The van der Waals surface area contributed by atoms with Gasteiger partial charge in [0.1, 0.15) is 0 Å². The number of nitrogens with one attached hydrogen (secondary N) is 1. The predicted octanol–water partition coefficient (Wildman–Crippen LogP) is 3.29. The summed E-state index contributed by atoms with van der Waals surface area (Å²) in [6.07, 6.45) is 3.52. The highest BCUT2D eigenvalue weighted by atomic mass is 32.2. The van der Waals surface area contributed by atoms with E-state index in [0.717, 1.165) is 10.6 Å². The van der Waals surface area contributed by atoms with E-state index in [4.69, 9.17) is 4.18 Å². The van der Waals surface area contributed by atoms with Gasteiger partial charge in [-0.3, -0.25) is 0 Å². The molecule has 70 valence electrons. The fraction of sp³-hybridized carbons (Fsp3) is 0.200. The first-order valence-electron chi connectivity index (χ1n) is 4.09. The van der Waals surface area contributed by atoms with Crippen molar-refractivity contribution in [2.24, 2.45) is 0 Å². The molecule has 0 aliphatic rings. The Morgan fingerprint density at radius 2 is 2.15 bits per heavy atom. The van der Waals surface area contributed by atoms with E-state index in [-0.39, 0.29) is 0 Å². The number of hydrogen-bond donors (Lipinski definition) is 1. The molecule has 0 spiro atoms. The van der Waals surface area contributed by atoms with E-state index < -0.39 is 0 Å². The Balaban J connectivity index is 2.64. The maximum absolute atomic E-state index is 5.21. The van der Waals surface area contributed by atoms with Crippen molar-refractivity contribution in [2.45, 2.75) is 11.8 Å². The second-order valence-electron chi connectivity index (χ2n) is 2.40. The van der Waals surface area contributed by atoms with E-state index in [1.807, 2.05) is 44.3 Å². The van der Waals surface area contributed by atoms with Crippen LogP contribution in [-0.4, -0.2) is 7.05 Å². The molecule has 1 rings (SSSR count). The average molecular weight is 195 g/mol. The summed E-state index contributed by atoms with van der Waals surface area (Å²) in [5, 5.41) is 3.10. The molecule has 0 unspecified atom stereocenters. The smallest absolute Gasteiger partial charge is 0.0972 e. The molecular formula is C10H13NOS. The molecular weight excluding hydrogens is 182 g/mol. The number of benzene rings is 1. The number of anilines is 1. The Bertz CT molecular complexity index is 286. The van der Waals surface area contributed by atoms with Gasteiger partial charge >= 0.3 is 0 Å². The van der Waals surface area contributed by atoms with E-state index in [2.05, 4.69) is 5.32 Å². The molecule has 0 aliphatic heterocycles. The van der Waals surface area contributed by atoms with Crippen molar-refractivity contribution >= 4 is 17.7 Å². The molecule has 0 aromatic heterocycles. The molecule has 0 aliphatic carbocycles. The molecule has 3 heteroatoms. The molecule has 0 atom stereocenters. The molecule has 0 radical (unpaired) electrons. The zero-order valence-electron chi connectivity index (χ0n) is 7.78. The molecule has 0 heterocycles. The van der Waals surface area contributed by atoms with E-state index in [1.54, 1.807) is 6.26 Å². The van der Waals surface area contributed by atoms with Gasteiger partial charge in [-0.05, 0) is 19.1 Å². The van der Waals surface area contributed by atoms with Crippen molar-refractivity contribution < 1.29 is 4.18 Å². The Morgan fingerprint density at radius 3 is 2.85 bits per heavy atom. The summed E-state index contributed by atoms with van der Waals surface area (Å²) >= 11 is 1.35. The lowest BCUT2D eigenvalue weighted by Crippen LogP contribution is -1.89. The SMILES string of the molecule is C/C=C/OSc1ccccc1NC. The van der Waals surface area contributed by atoms with Crippen LogP contribution in [0, 0.1) is 0 Å². The minimum atomic E-state index is 1.08. The molecule has 0 fully saturated rings. The maximum Gasteiger partial charge on any atom is 0.0972 e. The van der Waals surface area contributed by atoms with Crippen LogP contribution >= 0.6 is 12.0 Å². The summed E-state index contributed by atoms with van der Waals surface area (Å²) in [6, 6.07) is 8.01. The van der Waals surface area contributed by atoms with Crippen LogP contribution < -0.4 is 5.32 Å². The van der Waals surface area contributed by atoms with Gasteiger partial charge in [0.2, 0.25) is 0 Å². The zero-order chi connectivity index (χ0) is 9.52. The maximum atomic E-state index is 5.21. The van der Waals surface area contributed by atoms with Crippen LogP contribution in [0.1, 0.15) is 6.92 Å². The lowest BCUT2D eigenvalue weighted by molar-refractivity contribution is 0.565. The summed E-state index contributed by atoms with van der Waals surface area (Å²) < 4.78 is 5.21. The quantitative estimate of drug-likeness (QED) is 0.588. The third-order valence-electron chi connectivity index (χ3n) is 1.49. The third kappa shape index (κ3) is 3.03. The highest BCUT2D eigenvalue weighted by Crippen LogP contribution is 2.27. The number of allylic oxidation sites excluding steroid dienone is 1. The van der Waals surface area contributed by atoms with Crippen LogP contribution in [0.3, 0.4) is 0 Å². The normalized spacial score (nSPS) is 10.3. The molecule has 1 aromatic rings. The average Bonchev–Trinajstić information content (AvgIpc) is 2.19. The molecule has 1 aromatic carbocycles. The summed E-state index contributed by atoms with van der Waals surface area (Å²) in [4.78, 5) is 1.09. The van der Waals surface area contributed by atoms with Crippen molar-refractivity contribution in [1.29, 1.82) is 0 Å². The number of para-hydroxylation sites is 1. The lowest BCUT2D eigenvalue weighted by atomic mass is 10.3. The van der Waals surface area contributed by atoms with E-state index in [9.17, 15) is 0 Å². The van der Waals surface area contributed by atoms with Crippen LogP contribution in [0.2, 0.25) is 0 Å². The van der Waals surface area contributed by atoms with Gasteiger partial charge in [-0.15, -0.1) is 0 Å². The molecule has 2 nitrogen and oxygen atoms in total. The molecule has 0 bridgehead atoms. The fourth-order valence-electron chi connectivity index (χ4n) is 0.881. The summed E-state index contributed by atoms with van der Waals surface area (Å²) in [5.41, 5.74) is 1.08. The first-order valence-corrected chi connectivity index (χ1v) is 4.84. The number of rotatable bonds is 4. The summed E-state index contributed by atoms with van der Waals surface area (Å²) in [5.74, 6) is 0. The van der Waals surface area contributed by atoms with Crippen LogP contribution in [0.5, 0.6) is 0 Å². The van der Waals surface area contributed by atoms with Gasteiger partial charge in [-0.2, -0.15) is 0 Å². The van der Waals surface area contributed by atoms with Crippen LogP contribution in [0.15, 0.2) is 41.5 Å². The van der Waals surface area contributed by atoms with Crippen molar-refractivity contribution in [1.82, 2.24) is 0 Å².